The molecule has 0 saturated carbocycles. The molecule has 0 aromatic carbocycles. The summed E-state index contributed by atoms with van der Waals surface area (Å²) in [6.45, 7) is 2.17. The standard InChI is InChI=1S/C9H8O2.2CHF3O3S.2Zn/c1-2-11-9(10)8-6-4-3-5-7-8;2*2-1(3,4)8(5,6)7;;/h4,6-7H,2H2,1H3;2*(H,5,6,7);;/p-2. The van der Waals surface area contributed by atoms with Gasteiger partial charge in [-0.15, -0.1) is 0 Å². The van der Waals surface area contributed by atoms with Crippen LogP contribution in [0.5, 0.6) is 0 Å². The van der Waals surface area contributed by atoms with Crippen LogP contribution in [0.3, 0.4) is 0 Å². The van der Waals surface area contributed by atoms with Gasteiger partial charge in [-0.05, 0) is 19.1 Å². The molecule has 0 amide bonds. The van der Waals surface area contributed by atoms with Crippen LogP contribution in [0.15, 0.2) is 35.3 Å². The van der Waals surface area contributed by atoms with Gasteiger partial charge in [-0.3, -0.25) is 0 Å². The van der Waals surface area contributed by atoms with E-state index in [9.17, 15) is 31.1 Å². The van der Waals surface area contributed by atoms with Gasteiger partial charge in [0.2, 0.25) is 0 Å². The van der Waals surface area contributed by atoms with Gasteiger partial charge >= 0.3 is 17.0 Å². The van der Waals surface area contributed by atoms with Crippen molar-refractivity contribution >= 4 is 26.2 Å². The second-order valence-corrected chi connectivity index (χ2v) is 6.48. The van der Waals surface area contributed by atoms with Crippen molar-refractivity contribution in [3.63, 3.8) is 0 Å². The Kier molecular flexibility index (Phi) is 17.4. The Morgan fingerprint density at radius 1 is 0.966 bits per heavy atom. The average Bonchev–Trinajstić information content (AvgIpc) is 2.45. The minimum atomic E-state index is -6.09. The number of alkyl halides is 6. The summed E-state index contributed by atoms with van der Waals surface area (Å²) in [4.78, 5) is 11.0. The molecule has 1 rings (SSSR count). The summed E-state index contributed by atoms with van der Waals surface area (Å²) in [6, 6.07) is 0. The van der Waals surface area contributed by atoms with Gasteiger partial charge in [-0.25, -0.2) is 21.6 Å². The van der Waals surface area contributed by atoms with Gasteiger partial charge in [0.1, 0.15) is 0 Å². The van der Waals surface area contributed by atoms with Gasteiger partial charge in [-0.1, -0.05) is 11.5 Å². The van der Waals surface area contributed by atoms with Crippen molar-refractivity contribution in [2.75, 3.05) is 6.61 Å². The average molecular weight is 577 g/mol. The summed E-state index contributed by atoms with van der Waals surface area (Å²) in [5, 5.41) is 0. The largest absolute Gasteiger partial charge is 0.741 e. The molecule has 29 heavy (non-hydrogen) atoms. The van der Waals surface area contributed by atoms with Crippen molar-refractivity contribution in [3.05, 3.63) is 35.3 Å². The number of allylic oxidation sites excluding steroid dienone is 2. The monoisotopic (exact) mass is 574 g/mol. The number of hydrogen-bond donors (Lipinski definition) is 0. The van der Waals surface area contributed by atoms with Gasteiger partial charge in [0.25, 0.3) is 0 Å². The minimum absolute atomic E-state index is 0. The van der Waals surface area contributed by atoms with Crippen LogP contribution >= 0.6 is 0 Å². The molecule has 160 valence electrons. The molecular formula is C11H8F6O8S2Zn2-2. The summed E-state index contributed by atoms with van der Waals surface area (Å²) in [7, 11) is -12.2. The zero-order valence-corrected chi connectivity index (χ0v) is 21.8. The zero-order valence-electron chi connectivity index (χ0n) is 14.2. The van der Waals surface area contributed by atoms with E-state index in [0.717, 1.165) is 0 Å². The van der Waals surface area contributed by atoms with Crippen LogP contribution in [0.2, 0.25) is 0 Å². The third-order valence-electron chi connectivity index (χ3n) is 1.74. The Hall–Kier alpha value is -0.843. The van der Waals surface area contributed by atoms with Crippen molar-refractivity contribution in [1.29, 1.82) is 0 Å². The van der Waals surface area contributed by atoms with Crippen molar-refractivity contribution in [3.8, 4) is 0 Å². The number of rotatable bonds is 2. The SMILES string of the molecule is CCOC(=O)C1=CC=C=C=C1.O=S(=O)([O-])C(F)(F)F.O=S(=O)([O-])C(F)(F)F.[Zn].[Zn]. The second kappa shape index (κ2) is 14.2. The van der Waals surface area contributed by atoms with Crippen molar-refractivity contribution in [2.45, 2.75) is 17.9 Å². The molecule has 0 fully saturated rings. The van der Waals surface area contributed by atoms with E-state index in [1.165, 1.54) is 0 Å². The summed E-state index contributed by atoms with van der Waals surface area (Å²) in [5.74, 6) is -0.308. The molecular weight excluding hydrogens is 569 g/mol. The van der Waals surface area contributed by atoms with E-state index in [0.29, 0.717) is 12.2 Å². The number of ether oxygens (including phenoxy) is 1. The quantitative estimate of drug-likeness (QED) is 0.120. The van der Waals surface area contributed by atoms with Gasteiger partial charge in [0.05, 0.1) is 12.2 Å². The Labute approximate surface area is 186 Å². The van der Waals surface area contributed by atoms with Gasteiger partial charge in [0, 0.05) is 45.0 Å². The third kappa shape index (κ3) is 16.6. The van der Waals surface area contributed by atoms with Crippen LogP contribution in [-0.2, 0) is 68.7 Å². The molecule has 0 N–H and O–H groups in total. The fraction of sp³-hybridized carbons (Fsp3) is 0.364. The van der Waals surface area contributed by atoms with Crippen LogP contribution in [0, 0.1) is 0 Å². The van der Waals surface area contributed by atoms with E-state index in [1.54, 1.807) is 25.2 Å². The molecule has 1 aliphatic carbocycles. The number of carbonyl (C=O) groups excluding carboxylic acids is 1. The van der Waals surface area contributed by atoms with Gasteiger partial charge in [0.15, 0.2) is 20.2 Å². The maximum atomic E-state index is 11.0. The van der Waals surface area contributed by atoms with Crippen molar-refractivity contribution in [1.82, 2.24) is 0 Å². The topological polar surface area (TPSA) is 141 Å². The first-order valence-electron chi connectivity index (χ1n) is 5.93. The summed E-state index contributed by atoms with van der Waals surface area (Å²) < 4.78 is 123. The molecule has 0 aromatic heterocycles. The molecule has 0 aromatic rings. The van der Waals surface area contributed by atoms with Crippen LogP contribution in [0.25, 0.3) is 0 Å². The first-order chi connectivity index (χ1) is 11.8. The van der Waals surface area contributed by atoms with Crippen LogP contribution in [0.4, 0.5) is 26.3 Å². The molecule has 1 aliphatic rings. The molecule has 0 unspecified atom stereocenters. The number of hydrogen-bond acceptors (Lipinski definition) is 8. The predicted octanol–water partition coefficient (Wildman–Crippen LogP) is 1.45. The molecule has 0 heterocycles. The summed E-state index contributed by atoms with van der Waals surface area (Å²) in [5.41, 5.74) is -5.40. The Morgan fingerprint density at radius 3 is 1.52 bits per heavy atom. The fourth-order valence-electron chi connectivity index (χ4n) is 0.688. The number of carbonyl (C=O) groups is 1. The predicted molar refractivity (Wildman–Crippen MR) is 72.4 cm³/mol. The van der Waals surface area contributed by atoms with Gasteiger partial charge in [-0.2, -0.15) is 26.3 Å². The van der Waals surface area contributed by atoms with Crippen LogP contribution in [-0.4, -0.2) is 49.5 Å². The number of esters is 1. The Balaban J connectivity index is -0.000000160. The number of halogens is 6. The molecule has 0 radical (unpaired) electrons. The first-order valence-corrected chi connectivity index (χ1v) is 8.75. The van der Waals surface area contributed by atoms with E-state index in [-0.39, 0.29) is 44.9 Å². The zero-order chi connectivity index (χ0) is 22.1. The van der Waals surface area contributed by atoms with Gasteiger partial charge < -0.3 is 13.8 Å². The van der Waals surface area contributed by atoms with Crippen molar-refractivity contribution in [2.24, 2.45) is 0 Å². The molecule has 0 spiro atoms. The van der Waals surface area contributed by atoms with E-state index in [4.69, 9.17) is 30.7 Å². The molecule has 0 aliphatic heterocycles. The maximum Gasteiger partial charge on any atom is 0.485 e. The fourth-order valence-corrected chi connectivity index (χ4v) is 0.688. The van der Waals surface area contributed by atoms with E-state index < -0.39 is 31.3 Å². The van der Waals surface area contributed by atoms with Crippen molar-refractivity contribution < 1.29 is 101 Å². The minimum Gasteiger partial charge on any atom is -0.741 e. The third-order valence-corrected chi connectivity index (χ3v) is 2.87. The molecule has 0 saturated heterocycles. The van der Waals surface area contributed by atoms with Crippen LogP contribution in [0.1, 0.15) is 6.92 Å². The van der Waals surface area contributed by atoms with E-state index in [2.05, 4.69) is 11.5 Å². The van der Waals surface area contributed by atoms with E-state index in [1.807, 2.05) is 0 Å². The first kappa shape index (κ1) is 35.6. The molecule has 0 bridgehead atoms. The molecule has 8 nitrogen and oxygen atoms in total. The summed E-state index contributed by atoms with van der Waals surface area (Å²) >= 11 is 0. The van der Waals surface area contributed by atoms with Crippen LogP contribution < -0.4 is 0 Å². The maximum absolute atomic E-state index is 11.0. The van der Waals surface area contributed by atoms with E-state index >= 15 is 0 Å². The smallest absolute Gasteiger partial charge is 0.485 e. The summed E-state index contributed by atoms with van der Waals surface area (Å²) in [6.07, 6.45) is 4.83. The Bertz CT molecular complexity index is 820. The molecule has 0 atom stereocenters. The second-order valence-electron chi connectivity index (χ2n) is 3.74. The Morgan fingerprint density at radius 2 is 1.31 bits per heavy atom. The molecule has 18 heteroatoms. The normalized spacial score (nSPS) is 12.7.